The van der Waals surface area contributed by atoms with Crippen LogP contribution in [0, 0.1) is 0 Å². The zero-order chi connectivity index (χ0) is 11.4. The van der Waals surface area contributed by atoms with Gasteiger partial charge in [0.15, 0.2) is 5.09 Å². The minimum absolute atomic E-state index is 0.00324. The van der Waals surface area contributed by atoms with Crippen molar-refractivity contribution in [2.45, 2.75) is 16.5 Å². The molecule has 0 aliphatic carbocycles. The molecule has 1 aromatic rings. The molecule has 0 saturated carbocycles. The molecule has 0 aromatic carbocycles. The van der Waals surface area contributed by atoms with Gasteiger partial charge in [-0.3, -0.25) is 0 Å². The summed E-state index contributed by atoms with van der Waals surface area (Å²) in [5.74, 6) is 0. The smallest absolute Gasteiger partial charge is 0.151 e. The Kier molecular flexibility index (Phi) is 4.82. The normalized spacial score (nSPS) is 24.5. The molecule has 2 heterocycles. The molecule has 0 amide bonds. The third-order valence-corrected chi connectivity index (χ3v) is 5.99. The average Bonchev–Trinajstić information content (AvgIpc) is 2.89. The first kappa shape index (κ1) is 13.0. The summed E-state index contributed by atoms with van der Waals surface area (Å²) in [4.78, 5) is 0. The van der Waals surface area contributed by atoms with Gasteiger partial charge in [0.2, 0.25) is 0 Å². The van der Waals surface area contributed by atoms with Crippen molar-refractivity contribution in [3.8, 4) is 0 Å². The fourth-order valence-corrected chi connectivity index (χ4v) is 4.54. The molecule has 0 N–H and O–H groups in total. The number of allylic oxidation sites excluding steroid dienone is 1. The summed E-state index contributed by atoms with van der Waals surface area (Å²) in [6.45, 7) is 0.788. The Morgan fingerprint density at radius 3 is 3.06 bits per heavy atom. The molecule has 1 aliphatic heterocycles. The van der Waals surface area contributed by atoms with E-state index in [0.29, 0.717) is 0 Å². The predicted octanol–water partition coefficient (Wildman–Crippen LogP) is 5.08. The van der Waals surface area contributed by atoms with E-state index in [2.05, 4.69) is 54.8 Å². The summed E-state index contributed by atoms with van der Waals surface area (Å²) in [6.07, 6.45) is 4.20. The lowest BCUT2D eigenvalue weighted by Gasteiger charge is -2.19. The molecule has 2 rings (SSSR count). The van der Waals surface area contributed by atoms with E-state index in [1.165, 1.54) is 5.56 Å². The lowest BCUT2D eigenvalue weighted by molar-refractivity contribution is 0.240. The zero-order valence-electron chi connectivity index (χ0n) is 8.62. The van der Waals surface area contributed by atoms with E-state index < -0.39 is 0 Å². The van der Waals surface area contributed by atoms with E-state index in [-0.39, 0.29) is 3.66 Å². The van der Waals surface area contributed by atoms with Crippen LogP contribution >= 0.6 is 55.0 Å². The van der Waals surface area contributed by atoms with E-state index in [0.717, 1.165) is 29.9 Å². The maximum absolute atomic E-state index is 5.70. The first-order valence-electron chi connectivity index (χ1n) is 5.04. The molecule has 0 saturated heterocycles. The standard InChI is InChI=1S/C11H12Br2OS2/c12-5-1-6-14-10-2-4-11(13,16-10)9-3-7-15-8-9/h2-3,7-8H,1,4-6H2. The van der Waals surface area contributed by atoms with Gasteiger partial charge in [0.1, 0.15) is 3.66 Å². The molecule has 1 aromatic heterocycles. The summed E-state index contributed by atoms with van der Waals surface area (Å²) in [6, 6.07) is 2.17. The van der Waals surface area contributed by atoms with Crippen molar-refractivity contribution in [2.24, 2.45) is 0 Å². The minimum atomic E-state index is -0.00324. The van der Waals surface area contributed by atoms with Crippen molar-refractivity contribution in [3.63, 3.8) is 0 Å². The first-order valence-corrected chi connectivity index (χ1v) is 8.71. The Labute approximate surface area is 121 Å². The van der Waals surface area contributed by atoms with Crippen LogP contribution in [-0.2, 0) is 8.39 Å². The topological polar surface area (TPSA) is 9.23 Å². The summed E-state index contributed by atoms with van der Waals surface area (Å²) < 4.78 is 5.70. The van der Waals surface area contributed by atoms with E-state index >= 15 is 0 Å². The van der Waals surface area contributed by atoms with Crippen molar-refractivity contribution in [1.29, 1.82) is 0 Å². The number of thiophene rings is 1. The average molecular weight is 384 g/mol. The maximum Gasteiger partial charge on any atom is 0.151 e. The summed E-state index contributed by atoms with van der Waals surface area (Å²) in [5.41, 5.74) is 1.33. The van der Waals surface area contributed by atoms with Crippen molar-refractivity contribution in [2.75, 3.05) is 11.9 Å². The monoisotopic (exact) mass is 382 g/mol. The van der Waals surface area contributed by atoms with Crippen molar-refractivity contribution in [3.05, 3.63) is 33.6 Å². The van der Waals surface area contributed by atoms with Crippen LogP contribution in [0.3, 0.4) is 0 Å². The third kappa shape index (κ3) is 3.06. The number of ether oxygens (including phenoxy) is 1. The predicted molar refractivity (Wildman–Crippen MR) is 79.6 cm³/mol. The summed E-state index contributed by atoms with van der Waals surface area (Å²) in [5, 5.41) is 6.35. The SMILES string of the molecule is BrCCCOC1=CCC(Br)(c2ccsc2)S1. The van der Waals surface area contributed by atoms with Gasteiger partial charge in [-0.15, -0.1) is 0 Å². The second-order valence-electron chi connectivity index (χ2n) is 3.46. The van der Waals surface area contributed by atoms with Crippen LogP contribution in [0.2, 0.25) is 0 Å². The van der Waals surface area contributed by atoms with Crippen LogP contribution in [0.15, 0.2) is 28.0 Å². The number of hydrogen-bond acceptors (Lipinski definition) is 3. The second-order valence-corrected chi connectivity index (χ2v) is 8.22. The largest absolute Gasteiger partial charge is 0.488 e. The molecule has 1 atom stereocenters. The molecular weight excluding hydrogens is 372 g/mol. The molecule has 0 spiro atoms. The number of thioether (sulfide) groups is 1. The molecule has 1 nitrogen and oxygen atoms in total. The molecule has 0 bridgehead atoms. The van der Waals surface area contributed by atoms with E-state index in [1.54, 1.807) is 23.1 Å². The molecule has 0 radical (unpaired) electrons. The Bertz CT molecular complexity index is 364. The zero-order valence-corrected chi connectivity index (χ0v) is 13.4. The Balaban J connectivity index is 1.90. The van der Waals surface area contributed by atoms with Gasteiger partial charge in [-0.2, -0.15) is 11.3 Å². The molecule has 16 heavy (non-hydrogen) atoms. The lowest BCUT2D eigenvalue weighted by Crippen LogP contribution is -2.07. The van der Waals surface area contributed by atoms with Crippen LogP contribution in [0.5, 0.6) is 0 Å². The quantitative estimate of drug-likeness (QED) is 0.518. The van der Waals surface area contributed by atoms with Gasteiger partial charge < -0.3 is 4.74 Å². The van der Waals surface area contributed by atoms with Gasteiger partial charge in [-0.1, -0.05) is 43.6 Å². The van der Waals surface area contributed by atoms with Gasteiger partial charge in [0.05, 0.1) is 6.61 Å². The molecule has 1 aliphatic rings. The van der Waals surface area contributed by atoms with Crippen LogP contribution in [0.1, 0.15) is 18.4 Å². The molecule has 0 fully saturated rings. The molecule has 1 unspecified atom stereocenters. The highest BCUT2D eigenvalue weighted by Crippen LogP contribution is 2.54. The minimum Gasteiger partial charge on any atom is -0.488 e. The fraction of sp³-hybridized carbons (Fsp3) is 0.455. The van der Waals surface area contributed by atoms with Crippen LogP contribution in [0.4, 0.5) is 0 Å². The van der Waals surface area contributed by atoms with Crippen LogP contribution < -0.4 is 0 Å². The highest BCUT2D eigenvalue weighted by atomic mass is 79.9. The first-order chi connectivity index (χ1) is 7.74. The van der Waals surface area contributed by atoms with Crippen LogP contribution in [-0.4, -0.2) is 11.9 Å². The van der Waals surface area contributed by atoms with Crippen molar-refractivity contribution < 1.29 is 4.74 Å². The molecule has 88 valence electrons. The Morgan fingerprint density at radius 2 is 2.38 bits per heavy atom. The molecular formula is C11H12Br2OS2. The van der Waals surface area contributed by atoms with Crippen molar-refractivity contribution in [1.82, 2.24) is 0 Å². The number of alkyl halides is 2. The Morgan fingerprint density at radius 1 is 1.50 bits per heavy atom. The summed E-state index contributed by atoms with van der Waals surface area (Å²) in [7, 11) is 0. The van der Waals surface area contributed by atoms with Crippen LogP contribution in [0.25, 0.3) is 0 Å². The number of hydrogen-bond donors (Lipinski definition) is 0. The lowest BCUT2D eigenvalue weighted by atomic mass is 10.2. The third-order valence-electron chi connectivity index (χ3n) is 2.27. The van der Waals surface area contributed by atoms with E-state index in [4.69, 9.17) is 4.74 Å². The highest BCUT2D eigenvalue weighted by molar-refractivity contribution is 9.11. The summed E-state index contributed by atoms with van der Waals surface area (Å²) >= 11 is 10.7. The number of rotatable bonds is 5. The van der Waals surface area contributed by atoms with E-state index in [9.17, 15) is 0 Å². The van der Waals surface area contributed by atoms with Gasteiger partial charge in [-0.05, 0) is 41.3 Å². The van der Waals surface area contributed by atoms with E-state index in [1.807, 2.05) is 0 Å². The highest BCUT2D eigenvalue weighted by Gasteiger charge is 2.35. The van der Waals surface area contributed by atoms with Crippen molar-refractivity contribution >= 4 is 55.0 Å². The van der Waals surface area contributed by atoms with Gasteiger partial charge in [0, 0.05) is 5.33 Å². The Hall–Kier alpha value is 0.550. The fourth-order valence-electron chi connectivity index (χ4n) is 1.43. The number of halogens is 2. The van der Waals surface area contributed by atoms with Gasteiger partial charge in [0.25, 0.3) is 0 Å². The second kappa shape index (κ2) is 5.94. The van der Waals surface area contributed by atoms with Gasteiger partial charge >= 0.3 is 0 Å². The maximum atomic E-state index is 5.70. The van der Waals surface area contributed by atoms with Gasteiger partial charge in [-0.25, -0.2) is 0 Å². The molecule has 5 heteroatoms.